The van der Waals surface area contributed by atoms with Crippen molar-refractivity contribution in [2.45, 2.75) is 24.6 Å². The number of rotatable bonds is 4. The number of halogens is 3. The fourth-order valence-electron chi connectivity index (χ4n) is 0.809. The molecule has 0 bridgehead atoms. The van der Waals surface area contributed by atoms with Gasteiger partial charge in [0.25, 0.3) is 0 Å². The second-order valence-corrected chi connectivity index (χ2v) is 19.3. The Kier molecular flexibility index (Phi) is 5.58. The standard InChI is InChI=1S/C6H10Cl3GeNO3/c1-3(10(7,8)9)5(6(13)14)11-4(2)12/h3,5H,1-2H3,(H,11,12)(H,13,14). The van der Waals surface area contributed by atoms with Gasteiger partial charge in [0.15, 0.2) is 0 Å². The average Bonchev–Trinajstić information content (AvgIpc) is 1.96. The molecular formula is C6H10Cl3GeNO3. The molecule has 0 aromatic heterocycles. The molecule has 0 saturated carbocycles. The molecule has 0 aliphatic rings. The number of hydrogen-bond donors (Lipinski definition) is 2. The molecule has 2 N–H and O–H groups in total. The van der Waals surface area contributed by atoms with Gasteiger partial charge in [0.2, 0.25) is 0 Å². The summed E-state index contributed by atoms with van der Waals surface area (Å²) in [4.78, 5) is 21.5. The van der Waals surface area contributed by atoms with Gasteiger partial charge < -0.3 is 0 Å². The van der Waals surface area contributed by atoms with Crippen molar-refractivity contribution in [3.63, 3.8) is 0 Å². The van der Waals surface area contributed by atoms with Crippen LogP contribution in [0.3, 0.4) is 0 Å². The third kappa shape index (κ3) is 4.73. The van der Waals surface area contributed by atoms with Crippen LogP contribution in [0.4, 0.5) is 0 Å². The summed E-state index contributed by atoms with van der Waals surface area (Å²) >= 11 is 0. The molecule has 0 spiro atoms. The van der Waals surface area contributed by atoms with Gasteiger partial charge in [0.1, 0.15) is 0 Å². The average molecular weight is 323 g/mol. The van der Waals surface area contributed by atoms with Gasteiger partial charge in [-0.2, -0.15) is 0 Å². The van der Waals surface area contributed by atoms with E-state index in [4.69, 9.17) is 35.1 Å². The minimum absolute atomic E-state index is 0.457. The molecule has 14 heavy (non-hydrogen) atoms. The number of carboxylic acids is 1. The summed E-state index contributed by atoms with van der Waals surface area (Å²) in [5.74, 6) is -1.65. The molecule has 0 aromatic carbocycles. The molecule has 2 unspecified atom stereocenters. The molecule has 0 aliphatic heterocycles. The van der Waals surface area contributed by atoms with Gasteiger partial charge in [-0.3, -0.25) is 0 Å². The Balaban J connectivity index is 4.66. The van der Waals surface area contributed by atoms with Crippen LogP contribution in [0.1, 0.15) is 13.8 Å². The summed E-state index contributed by atoms with van der Waals surface area (Å²) in [7, 11) is 13.5. The summed E-state index contributed by atoms with van der Waals surface area (Å²) in [6.07, 6.45) is 0. The quantitative estimate of drug-likeness (QED) is 0.773. The first-order valence-corrected chi connectivity index (χ1v) is 13.2. The zero-order valence-electron chi connectivity index (χ0n) is 7.55. The fourth-order valence-corrected chi connectivity index (χ4v) is 4.04. The Bertz CT molecular complexity index is 243. The van der Waals surface area contributed by atoms with Crippen molar-refractivity contribution in [3.8, 4) is 0 Å². The number of carbonyl (C=O) groups is 2. The molecule has 4 nitrogen and oxygen atoms in total. The van der Waals surface area contributed by atoms with Crippen molar-refractivity contribution in [3.05, 3.63) is 0 Å². The zero-order chi connectivity index (χ0) is 11.5. The molecule has 0 aromatic rings. The van der Waals surface area contributed by atoms with Crippen molar-refractivity contribution in [2.75, 3.05) is 0 Å². The van der Waals surface area contributed by atoms with Gasteiger partial charge in [-0.05, 0) is 0 Å². The predicted octanol–water partition coefficient (Wildman–Crippen LogP) is 1.62. The Morgan fingerprint density at radius 1 is 1.36 bits per heavy atom. The molecule has 82 valence electrons. The Morgan fingerprint density at radius 2 is 1.79 bits per heavy atom. The van der Waals surface area contributed by atoms with E-state index in [0.717, 1.165) is 0 Å². The monoisotopic (exact) mass is 323 g/mol. The second kappa shape index (κ2) is 5.44. The molecule has 0 rings (SSSR count). The van der Waals surface area contributed by atoms with E-state index >= 15 is 0 Å². The topological polar surface area (TPSA) is 66.4 Å². The first-order valence-electron chi connectivity index (χ1n) is 3.73. The molecular weight excluding hydrogens is 313 g/mol. The maximum atomic E-state index is 10.8. The van der Waals surface area contributed by atoms with E-state index in [1.807, 2.05) is 0 Å². The minimum atomic E-state index is -3.62. The molecule has 0 saturated heterocycles. The van der Waals surface area contributed by atoms with Crippen LogP contribution in [-0.2, 0) is 9.59 Å². The molecule has 0 heterocycles. The molecule has 0 aliphatic carbocycles. The number of carboxylic acid groups (broad SMARTS) is 1. The van der Waals surface area contributed by atoms with Gasteiger partial charge in [-0.25, -0.2) is 0 Å². The summed E-state index contributed by atoms with van der Waals surface area (Å²) < 4.78 is -0.638. The number of amides is 1. The third-order valence-electron chi connectivity index (χ3n) is 1.64. The van der Waals surface area contributed by atoms with Crippen LogP contribution in [0, 0.1) is 0 Å². The van der Waals surface area contributed by atoms with Crippen LogP contribution in [0.5, 0.6) is 0 Å². The molecule has 1 amide bonds. The number of carbonyl (C=O) groups excluding carboxylic acids is 1. The van der Waals surface area contributed by atoms with E-state index in [1.54, 1.807) is 0 Å². The molecule has 0 fully saturated rings. The Labute approximate surface area is 96.8 Å². The summed E-state index contributed by atoms with van der Waals surface area (Å²) in [5, 5.41) is 11.0. The van der Waals surface area contributed by atoms with Crippen molar-refractivity contribution < 1.29 is 14.7 Å². The molecule has 2 atom stereocenters. The summed E-state index contributed by atoms with van der Waals surface area (Å²) in [6, 6.07) is -1.13. The first-order chi connectivity index (χ1) is 6.16. The van der Waals surface area contributed by atoms with E-state index in [9.17, 15) is 9.59 Å². The van der Waals surface area contributed by atoms with E-state index < -0.39 is 33.1 Å². The van der Waals surface area contributed by atoms with Gasteiger partial charge in [0.05, 0.1) is 0 Å². The normalized spacial score (nSPS) is 15.8. The van der Waals surface area contributed by atoms with Crippen LogP contribution < -0.4 is 5.32 Å². The Hall–Kier alpha value is 0.353. The Morgan fingerprint density at radius 3 is 2.00 bits per heavy atom. The predicted molar refractivity (Wildman–Crippen MR) is 58.0 cm³/mol. The fraction of sp³-hybridized carbons (Fsp3) is 0.667. The van der Waals surface area contributed by atoms with Crippen LogP contribution in [0.2, 0.25) is 4.75 Å². The number of aliphatic carboxylic acids is 1. The van der Waals surface area contributed by atoms with Crippen LogP contribution >= 0.6 is 30.0 Å². The van der Waals surface area contributed by atoms with Crippen LogP contribution in [-0.4, -0.2) is 33.5 Å². The summed E-state index contributed by atoms with van der Waals surface area (Å²) in [5.41, 5.74) is 0. The van der Waals surface area contributed by atoms with E-state index in [2.05, 4.69) is 5.32 Å². The second-order valence-electron chi connectivity index (χ2n) is 2.85. The van der Waals surface area contributed by atoms with Crippen LogP contribution in [0.25, 0.3) is 0 Å². The number of nitrogens with one attached hydrogen (secondary N) is 1. The van der Waals surface area contributed by atoms with Crippen LogP contribution in [0.15, 0.2) is 0 Å². The van der Waals surface area contributed by atoms with Gasteiger partial charge in [0, 0.05) is 0 Å². The first kappa shape index (κ1) is 14.4. The molecule has 8 heteroatoms. The van der Waals surface area contributed by atoms with Gasteiger partial charge in [-0.15, -0.1) is 0 Å². The summed E-state index contributed by atoms with van der Waals surface area (Å²) in [6.45, 7) is 2.73. The SMILES string of the molecule is CC(=O)NC(C(=O)O)[CH](C)[Ge]([Cl])([Cl])[Cl]. The van der Waals surface area contributed by atoms with E-state index in [0.29, 0.717) is 0 Å². The third-order valence-corrected chi connectivity index (χ3v) is 9.87. The van der Waals surface area contributed by atoms with Crippen molar-refractivity contribution >= 4 is 52.4 Å². The maximum absolute atomic E-state index is 10.8. The van der Waals surface area contributed by atoms with E-state index in [-0.39, 0.29) is 0 Å². The van der Waals surface area contributed by atoms with Crippen molar-refractivity contribution in [1.82, 2.24) is 5.32 Å². The zero-order valence-corrected chi connectivity index (χ0v) is 11.9. The number of hydrogen-bond acceptors (Lipinski definition) is 2. The van der Waals surface area contributed by atoms with Crippen molar-refractivity contribution in [2.24, 2.45) is 0 Å². The molecule has 0 radical (unpaired) electrons. The van der Waals surface area contributed by atoms with Gasteiger partial charge in [-0.1, -0.05) is 0 Å². The van der Waals surface area contributed by atoms with Crippen molar-refractivity contribution in [1.29, 1.82) is 0 Å². The van der Waals surface area contributed by atoms with E-state index in [1.165, 1.54) is 13.8 Å². The van der Waals surface area contributed by atoms with Gasteiger partial charge >= 0.3 is 97.0 Å².